The van der Waals surface area contributed by atoms with Crippen LogP contribution in [0.15, 0.2) is 23.2 Å². The lowest BCUT2D eigenvalue weighted by molar-refractivity contribution is 0.444. The molecule has 1 aromatic rings. The third-order valence-corrected chi connectivity index (χ3v) is 6.57. The van der Waals surface area contributed by atoms with Crippen LogP contribution in [0.25, 0.3) is 0 Å². The molecule has 0 unspecified atom stereocenters. The summed E-state index contributed by atoms with van der Waals surface area (Å²) < 4.78 is 25.9. The zero-order valence-electron chi connectivity index (χ0n) is 14.0. The van der Waals surface area contributed by atoms with Gasteiger partial charge in [0.05, 0.1) is 12.3 Å². The normalized spacial score (nSPS) is 16.5. The van der Waals surface area contributed by atoms with Crippen LogP contribution in [-0.2, 0) is 10.0 Å². The molecule has 0 spiro atoms. The van der Waals surface area contributed by atoms with Crippen molar-refractivity contribution < 1.29 is 8.42 Å². The number of rotatable bonds is 5. The van der Waals surface area contributed by atoms with Crippen LogP contribution in [0, 0.1) is 13.8 Å². The summed E-state index contributed by atoms with van der Waals surface area (Å²) in [6.45, 7) is 5.41. The first-order chi connectivity index (χ1) is 10.9. The number of guanidine groups is 1. The zero-order valence-corrected chi connectivity index (χ0v) is 18.0. The van der Waals surface area contributed by atoms with E-state index in [2.05, 4.69) is 10.3 Å². The van der Waals surface area contributed by atoms with Gasteiger partial charge in [0.2, 0.25) is 10.0 Å². The standard InChI is InChI=1S/C15H24N4O2S2.HI/c1-12-3-4-14(11-13(12)2)18-15(16)17-5-10-23(20,21)19-6-8-22-9-7-19;/h3-4,11H,5-10H2,1-2H3,(H3,16,17,18);1H. The van der Waals surface area contributed by atoms with E-state index in [1.165, 1.54) is 5.56 Å². The molecule has 1 aliphatic rings. The van der Waals surface area contributed by atoms with E-state index < -0.39 is 10.0 Å². The molecule has 0 aromatic heterocycles. The maximum Gasteiger partial charge on any atom is 0.215 e. The van der Waals surface area contributed by atoms with Gasteiger partial charge in [-0.3, -0.25) is 4.99 Å². The van der Waals surface area contributed by atoms with E-state index in [1.54, 1.807) is 16.1 Å². The van der Waals surface area contributed by atoms with Gasteiger partial charge in [-0.2, -0.15) is 11.8 Å². The fraction of sp³-hybridized carbons (Fsp3) is 0.533. The molecule has 1 aromatic carbocycles. The number of thioether (sulfide) groups is 1. The second-order valence-corrected chi connectivity index (χ2v) is 8.83. The monoisotopic (exact) mass is 484 g/mol. The van der Waals surface area contributed by atoms with Gasteiger partial charge >= 0.3 is 0 Å². The smallest absolute Gasteiger partial charge is 0.215 e. The Balaban J connectivity index is 0.00000288. The van der Waals surface area contributed by atoms with Crippen LogP contribution in [0.5, 0.6) is 0 Å². The molecule has 24 heavy (non-hydrogen) atoms. The number of nitrogens with zero attached hydrogens (tertiary/aromatic N) is 2. The van der Waals surface area contributed by atoms with E-state index in [4.69, 9.17) is 5.73 Å². The van der Waals surface area contributed by atoms with Gasteiger partial charge in [-0.05, 0) is 37.1 Å². The second-order valence-electron chi connectivity index (χ2n) is 5.52. The molecule has 0 radical (unpaired) electrons. The van der Waals surface area contributed by atoms with Gasteiger partial charge < -0.3 is 11.1 Å². The highest BCUT2D eigenvalue weighted by Crippen LogP contribution is 2.14. The Bertz CT molecular complexity index is 674. The van der Waals surface area contributed by atoms with Gasteiger partial charge in [-0.1, -0.05) is 6.07 Å². The highest BCUT2D eigenvalue weighted by Gasteiger charge is 2.23. The highest BCUT2D eigenvalue weighted by atomic mass is 127. The number of hydrogen-bond acceptors (Lipinski definition) is 4. The fourth-order valence-electron chi connectivity index (χ4n) is 2.24. The Kier molecular flexibility index (Phi) is 8.82. The van der Waals surface area contributed by atoms with Crippen LogP contribution < -0.4 is 11.1 Å². The number of aryl methyl sites for hydroxylation is 2. The predicted molar refractivity (Wildman–Crippen MR) is 114 cm³/mol. The lowest BCUT2D eigenvalue weighted by Gasteiger charge is -2.25. The minimum Gasteiger partial charge on any atom is -0.370 e. The minimum absolute atomic E-state index is 0. The maximum atomic E-state index is 12.2. The summed E-state index contributed by atoms with van der Waals surface area (Å²) in [6, 6.07) is 5.91. The van der Waals surface area contributed by atoms with Crippen molar-refractivity contribution in [1.82, 2.24) is 4.31 Å². The Hall–Kier alpha value is -0.520. The number of benzene rings is 1. The molecule has 2 rings (SSSR count). The van der Waals surface area contributed by atoms with E-state index in [0.29, 0.717) is 13.1 Å². The van der Waals surface area contributed by atoms with Crippen molar-refractivity contribution in [3.63, 3.8) is 0 Å². The molecule has 0 amide bonds. The molecule has 6 nitrogen and oxygen atoms in total. The molecule has 136 valence electrons. The van der Waals surface area contributed by atoms with Gasteiger partial charge in [-0.15, -0.1) is 24.0 Å². The molecule has 0 saturated carbocycles. The predicted octanol–water partition coefficient (Wildman–Crippen LogP) is 2.03. The van der Waals surface area contributed by atoms with Crippen molar-refractivity contribution in [3.8, 4) is 0 Å². The van der Waals surface area contributed by atoms with Crippen LogP contribution in [0.1, 0.15) is 11.1 Å². The van der Waals surface area contributed by atoms with Crippen LogP contribution in [0.4, 0.5) is 5.69 Å². The van der Waals surface area contributed by atoms with E-state index in [-0.39, 0.29) is 42.2 Å². The third-order valence-electron chi connectivity index (χ3n) is 3.77. The number of aliphatic imine (C=N–C) groups is 1. The first kappa shape index (κ1) is 21.5. The number of nitrogens with one attached hydrogen (secondary N) is 1. The summed E-state index contributed by atoms with van der Waals surface area (Å²) in [6.07, 6.45) is 0. The third kappa shape index (κ3) is 6.41. The molecule has 0 atom stereocenters. The number of anilines is 1. The van der Waals surface area contributed by atoms with Gasteiger partial charge in [-0.25, -0.2) is 12.7 Å². The molecule has 0 bridgehead atoms. The lowest BCUT2D eigenvalue weighted by atomic mass is 10.1. The van der Waals surface area contributed by atoms with Crippen molar-refractivity contribution in [2.24, 2.45) is 10.7 Å². The summed E-state index contributed by atoms with van der Waals surface area (Å²) in [4.78, 5) is 4.12. The molecule has 3 N–H and O–H groups in total. The Morgan fingerprint density at radius 3 is 2.58 bits per heavy atom. The van der Waals surface area contributed by atoms with Gasteiger partial charge in [0.1, 0.15) is 0 Å². The Morgan fingerprint density at radius 2 is 1.96 bits per heavy atom. The second kappa shape index (κ2) is 9.83. The summed E-state index contributed by atoms with van der Waals surface area (Å²) in [5.74, 6) is 1.95. The van der Waals surface area contributed by atoms with Gasteiger partial charge in [0.25, 0.3) is 0 Å². The fourth-order valence-corrected chi connectivity index (χ4v) is 4.70. The van der Waals surface area contributed by atoms with E-state index in [1.807, 2.05) is 32.0 Å². The van der Waals surface area contributed by atoms with Crippen molar-refractivity contribution in [2.75, 3.05) is 42.2 Å². The van der Waals surface area contributed by atoms with E-state index >= 15 is 0 Å². The highest BCUT2D eigenvalue weighted by molar-refractivity contribution is 14.0. The molecule has 1 heterocycles. The first-order valence-electron chi connectivity index (χ1n) is 7.58. The van der Waals surface area contributed by atoms with Crippen molar-refractivity contribution >= 4 is 57.4 Å². The number of nitrogens with two attached hydrogens (primary N) is 1. The van der Waals surface area contributed by atoms with Gasteiger partial charge in [0.15, 0.2) is 5.96 Å². The molecule has 9 heteroatoms. The topological polar surface area (TPSA) is 87.8 Å². The summed E-state index contributed by atoms with van der Waals surface area (Å²) in [5, 5.41) is 2.99. The molecular weight excluding hydrogens is 459 g/mol. The van der Waals surface area contributed by atoms with Crippen LogP contribution >= 0.6 is 35.7 Å². The number of hydrogen-bond donors (Lipinski definition) is 2. The van der Waals surface area contributed by atoms with Crippen molar-refractivity contribution in [3.05, 3.63) is 29.3 Å². The lowest BCUT2D eigenvalue weighted by Crippen LogP contribution is -2.40. The Labute approximate surface area is 165 Å². The number of sulfonamides is 1. The molecular formula is C15H25IN4O2S2. The quantitative estimate of drug-likeness (QED) is 0.380. The maximum absolute atomic E-state index is 12.2. The van der Waals surface area contributed by atoms with Crippen molar-refractivity contribution in [1.29, 1.82) is 0 Å². The largest absolute Gasteiger partial charge is 0.370 e. The minimum atomic E-state index is -3.23. The van der Waals surface area contributed by atoms with E-state index in [9.17, 15) is 8.42 Å². The SMILES string of the molecule is Cc1ccc(NC(N)=NCCS(=O)(=O)N2CCSCC2)cc1C.I. The van der Waals surface area contributed by atoms with Crippen LogP contribution in [0.3, 0.4) is 0 Å². The average molecular weight is 484 g/mol. The van der Waals surface area contributed by atoms with E-state index in [0.717, 1.165) is 22.8 Å². The first-order valence-corrected chi connectivity index (χ1v) is 10.3. The number of halogens is 1. The van der Waals surface area contributed by atoms with Gasteiger partial charge in [0, 0.05) is 30.3 Å². The molecule has 1 fully saturated rings. The zero-order chi connectivity index (χ0) is 16.9. The summed E-state index contributed by atoms with van der Waals surface area (Å²) in [7, 11) is -3.23. The van der Waals surface area contributed by atoms with Crippen molar-refractivity contribution in [2.45, 2.75) is 13.8 Å². The molecule has 0 aliphatic carbocycles. The molecule has 1 saturated heterocycles. The average Bonchev–Trinajstić information content (AvgIpc) is 2.52. The van der Waals surface area contributed by atoms with Crippen LogP contribution in [0.2, 0.25) is 0 Å². The summed E-state index contributed by atoms with van der Waals surface area (Å²) in [5.41, 5.74) is 9.05. The molecule has 1 aliphatic heterocycles. The van der Waals surface area contributed by atoms with Crippen LogP contribution in [-0.4, -0.2) is 55.6 Å². The Morgan fingerprint density at radius 1 is 1.29 bits per heavy atom. The summed E-state index contributed by atoms with van der Waals surface area (Å²) >= 11 is 1.78.